The number of hydrogen-bond acceptors (Lipinski definition) is 2. The summed E-state index contributed by atoms with van der Waals surface area (Å²) in [5.41, 5.74) is 0. The number of hydrogen-bond donors (Lipinski definition) is 2. The van der Waals surface area contributed by atoms with Crippen LogP contribution in [0, 0.1) is 5.92 Å². The molecule has 60 valence electrons. The first-order chi connectivity index (χ1) is 4.70. The first kappa shape index (κ1) is 8.02. The van der Waals surface area contributed by atoms with E-state index in [0.29, 0.717) is 12.1 Å². The van der Waals surface area contributed by atoms with E-state index in [1.807, 2.05) is 0 Å². The average Bonchev–Trinajstić information content (AvgIpc) is 1.88. The molecule has 0 saturated carbocycles. The molecular formula is C8H18N2. The maximum atomic E-state index is 3.55. The molecule has 0 radical (unpaired) electrons. The van der Waals surface area contributed by atoms with Crippen LogP contribution in [0.2, 0.25) is 0 Å². The van der Waals surface area contributed by atoms with E-state index < -0.39 is 0 Å². The zero-order chi connectivity index (χ0) is 7.56. The van der Waals surface area contributed by atoms with Gasteiger partial charge in [-0.15, -0.1) is 0 Å². The lowest BCUT2D eigenvalue weighted by Crippen LogP contribution is -2.55. The van der Waals surface area contributed by atoms with Crippen molar-refractivity contribution in [2.45, 2.75) is 32.9 Å². The van der Waals surface area contributed by atoms with Crippen molar-refractivity contribution in [3.8, 4) is 0 Å². The summed E-state index contributed by atoms with van der Waals surface area (Å²) in [5.74, 6) is 0.746. The molecule has 0 amide bonds. The van der Waals surface area contributed by atoms with Crippen molar-refractivity contribution in [3.05, 3.63) is 0 Å². The lowest BCUT2D eigenvalue weighted by Gasteiger charge is -2.32. The standard InChI is InChI=1S/C8H18N2/c1-6(2)8-5-9-4-7(3)10-8/h6-10H,4-5H2,1-3H3/t7-,8+/m0/s1. The van der Waals surface area contributed by atoms with E-state index in [1.165, 1.54) is 0 Å². The van der Waals surface area contributed by atoms with Gasteiger partial charge >= 0.3 is 0 Å². The zero-order valence-corrected chi connectivity index (χ0v) is 7.15. The van der Waals surface area contributed by atoms with Gasteiger partial charge in [-0.05, 0) is 12.8 Å². The summed E-state index contributed by atoms with van der Waals surface area (Å²) < 4.78 is 0. The lowest BCUT2D eigenvalue weighted by atomic mass is 10.0. The topological polar surface area (TPSA) is 24.1 Å². The maximum absolute atomic E-state index is 3.55. The molecule has 1 rings (SSSR count). The molecule has 1 saturated heterocycles. The molecule has 2 atom stereocenters. The Bertz CT molecular complexity index is 101. The Balaban J connectivity index is 2.32. The van der Waals surface area contributed by atoms with E-state index in [0.717, 1.165) is 19.0 Å². The summed E-state index contributed by atoms with van der Waals surface area (Å²) in [5, 5.41) is 6.96. The van der Waals surface area contributed by atoms with Crippen LogP contribution in [-0.4, -0.2) is 25.2 Å². The molecule has 2 heteroatoms. The Morgan fingerprint density at radius 1 is 1.30 bits per heavy atom. The van der Waals surface area contributed by atoms with E-state index in [-0.39, 0.29) is 0 Å². The SMILES string of the molecule is CC(C)[C@H]1CNC[C@H](C)N1. The van der Waals surface area contributed by atoms with Gasteiger partial charge < -0.3 is 10.6 Å². The van der Waals surface area contributed by atoms with Gasteiger partial charge in [0.1, 0.15) is 0 Å². The minimum absolute atomic E-state index is 0.640. The van der Waals surface area contributed by atoms with Crippen LogP contribution in [0.25, 0.3) is 0 Å². The molecule has 0 aromatic rings. The summed E-state index contributed by atoms with van der Waals surface area (Å²) in [7, 11) is 0. The van der Waals surface area contributed by atoms with Gasteiger partial charge in [-0.2, -0.15) is 0 Å². The first-order valence-corrected chi connectivity index (χ1v) is 4.17. The summed E-state index contributed by atoms with van der Waals surface area (Å²) in [4.78, 5) is 0. The molecule has 1 aliphatic heterocycles. The molecule has 2 nitrogen and oxygen atoms in total. The van der Waals surface area contributed by atoms with Crippen molar-refractivity contribution in [3.63, 3.8) is 0 Å². The molecule has 0 aromatic carbocycles. The van der Waals surface area contributed by atoms with E-state index in [9.17, 15) is 0 Å². The van der Waals surface area contributed by atoms with E-state index >= 15 is 0 Å². The van der Waals surface area contributed by atoms with E-state index in [4.69, 9.17) is 0 Å². The van der Waals surface area contributed by atoms with Gasteiger partial charge in [0.05, 0.1) is 0 Å². The van der Waals surface area contributed by atoms with Crippen molar-refractivity contribution in [2.75, 3.05) is 13.1 Å². The normalized spacial score (nSPS) is 34.8. The van der Waals surface area contributed by atoms with Gasteiger partial charge in [-0.25, -0.2) is 0 Å². The number of rotatable bonds is 1. The highest BCUT2D eigenvalue weighted by Crippen LogP contribution is 2.04. The zero-order valence-electron chi connectivity index (χ0n) is 7.15. The average molecular weight is 142 g/mol. The van der Waals surface area contributed by atoms with Crippen molar-refractivity contribution in [1.29, 1.82) is 0 Å². The third kappa shape index (κ3) is 1.96. The third-order valence-corrected chi connectivity index (χ3v) is 2.12. The van der Waals surface area contributed by atoms with E-state index in [1.54, 1.807) is 0 Å². The molecule has 2 N–H and O–H groups in total. The molecule has 0 bridgehead atoms. The molecule has 0 aromatic heterocycles. The highest BCUT2D eigenvalue weighted by atomic mass is 15.1. The molecule has 0 unspecified atom stereocenters. The molecular weight excluding hydrogens is 124 g/mol. The Kier molecular flexibility index (Phi) is 2.69. The highest BCUT2D eigenvalue weighted by molar-refractivity contribution is 4.82. The van der Waals surface area contributed by atoms with Crippen molar-refractivity contribution >= 4 is 0 Å². The largest absolute Gasteiger partial charge is 0.314 e. The van der Waals surface area contributed by atoms with Crippen LogP contribution in [0.1, 0.15) is 20.8 Å². The second-order valence-corrected chi connectivity index (χ2v) is 3.58. The van der Waals surface area contributed by atoms with Gasteiger partial charge in [0.25, 0.3) is 0 Å². The highest BCUT2D eigenvalue weighted by Gasteiger charge is 2.19. The first-order valence-electron chi connectivity index (χ1n) is 4.17. The van der Waals surface area contributed by atoms with Gasteiger partial charge in [-0.1, -0.05) is 13.8 Å². The van der Waals surface area contributed by atoms with Gasteiger partial charge in [0, 0.05) is 25.2 Å². The second kappa shape index (κ2) is 3.35. The van der Waals surface area contributed by atoms with Crippen molar-refractivity contribution in [1.82, 2.24) is 10.6 Å². The van der Waals surface area contributed by atoms with Crippen LogP contribution in [-0.2, 0) is 0 Å². The monoisotopic (exact) mass is 142 g/mol. The lowest BCUT2D eigenvalue weighted by molar-refractivity contribution is 0.296. The van der Waals surface area contributed by atoms with Gasteiger partial charge in [0.2, 0.25) is 0 Å². The molecule has 1 fully saturated rings. The molecule has 1 aliphatic rings. The Hall–Kier alpha value is -0.0800. The van der Waals surface area contributed by atoms with Gasteiger partial charge in [0.15, 0.2) is 0 Å². The molecule has 0 aliphatic carbocycles. The quantitative estimate of drug-likeness (QED) is 0.560. The van der Waals surface area contributed by atoms with Crippen LogP contribution < -0.4 is 10.6 Å². The van der Waals surface area contributed by atoms with Crippen LogP contribution in [0.3, 0.4) is 0 Å². The maximum Gasteiger partial charge on any atom is 0.0218 e. The minimum atomic E-state index is 0.640. The predicted molar refractivity (Wildman–Crippen MR) is 44.1 cm³/mol. The van der Waals surface area contributed by atoms with Crippen LogP contribution >= 0.6 is 0 Å². The summed E-state index contributed by atoms with van der Waals surface area (Å²) in [6.07, 6.45) is 0. The van der Waals surface area contributed by atoms with Crippen LogP contribution in [0.15, 0.2) is 0 Å². The number of nitrogens with one attached hydrogen (secondary N) is 2. The summed E-state index contributed by atoms with van der Waals surface area (Å²) >= 11 is 0. The Labute approximate surface area is 63.4 Å². The Morgan fingerprint density at radius 2 is 2.00 bits per heavy atom. The molecule has 0 spiro atoms. The van der Waals surface area contributed by atoms with E-state index in [2.05, 4.69) is 31.4 Å². The van der Waals surface area contributed by atoms with Crippen LogP contribution in [0.4, 0.5) is 0 Å². The third-order valence-electron chi connectivity index (χ3n) is 2.12. The molecule has 10 heavy (non-hydrogen) atoms. The van der Waals surface area contributed by atoms with Gasteiger partial charge in [-0.3, -0.25) is 0 Å². The fourth-order valence-electron chi connectivity index (χ4n) is 1.37. The minimum Gasteiger partial charge on any atom is -0.314 e. The van der Waals surface area contributed by atoms with Crippen LogP contribution in [0.5, 0.6) is 0 Å². The fraction of sp³-hybridized carbons (Fsp3) is 1.00. The summed E-state index contributed by atoms with van der Waals surface area (Å²) in [6, 6.07) is 1.31. The summed E-state index contributed by atoms with van der Waals surface area (Å²) in [6.45, 7) is 8.99. The van der Waals surface area contributed by atoms with Crippen molar-refractivity contribution in [2.24, 2.45) is 5.92 Å². The molecule has 1 heterocycles. The Morgan fingerprint density at radius 3 is 2.40 bits per heavy atom. The fourth-order valence-corrected chi connectivity index (χ4v) is 1.37. The predicted octanol–water partition coefficient (Wildman–Crippen LogP) is 0.592. The second-order valence-electron chi connectivity index (χ2n) is 3.58. The number of piperazine rings is 1. The van der Waals surface area contributed by atoms with Crippen molar-refractivity contribution < 1.29 is 0 Å². The smallest absolute Gasteiger partial charge is 0.0218 e.